The Morgan fingerprint density at radius 2 is 1.50 bits per heavy atom. The van der Waals surface area contributed by atoms with Crippen LogP contribution in [0.15, 0.2) is 18.2 Å². The molecule has 0 saturated carbocycles. The Balaban J connectivity index is 3.23. The molecule has 1 rings (SSSR count). The van der Waals surface area contributed by atoms with Crippen LogP contribution in [0.4, 0.5) is 0 Å². The Morgan fingerprint density at radius 1 is 1.00 bits per heavy atom. The third-order valence-corrected chi connectivity index (χ3v) is 20.9. The van der Waals surface area contributed by atoms with E-state index < -0.39 is 18.4 Å². The molecule has 0 saturated heterocycles. The van der Waals surface area contributed by atoms with E-state index in [0.29, 0.717) is 10.6 Å². The molecule has 0 fully saturated rings. The van der Waals surface area contributed by atoms with E-state index in [0.717, 1.165) is 0 Å². The van der Waals surface area contributed by atoms with Crippen LogP contribution in [0.25, 0.3) is 0 Å². The van der Waals surface area contributed by atoms with Crippen molar-refractivity contribution in [3.8, 4) is 0 Å². The molecule has 0 aliphatic heterocycles. The van der Waals surface area contributed by atoms with Gasteiger partial charge in [-0.1, -0.05) is 0 Å². The number of carbonyl (C=O) groups is 1. The number of esters is 1. The quantitative estimate of drug-likeness (QED) is 0.292. The average molecular weight is 460 g/mol. The van der Waals surface area contributed by atoms with Crippen molar-refractivity contribution in [1.82, 2.24) is 0 Å². The zero-order valence-corrected chi connectivity index (χ0v) is 19.4. The number of halogens is 1. The summed E-state index contributed by atoms with van der Waals surface area (Å²) in [6.45, 7) is 6.84. The minimum absolute atomic E-state index is 0.344. The van der Waals surface area contributed by atoms with E-state index >= 15 is 0 Å². The molecule has 0 amide bonds. The first kappa shape index (κ1) is 21.8. The van der Waals surface area contributed by atoms with Gasteiger partial charge in [0.1, 0.15) is 0 Å². The van der Waals surface area contributed by atoms with Gasteiger partial charge in [0, 0.05) is 0 Å². The summed E-state index contributed by atoms with van der Waals surface area (Å²) >= 11 is 3.98. The third-order valence-electron chi connectivity index (χ3n) is 5.01. The molecule has 0 N–H and O–H groups in total. The second-order valence-corrected chi connectivity index (χ2v) is 20.4. The van der Waals surface area contributed by atoms with Crippen molar-refractivity contribution in [3.05, 3.63) is 28.8 Å². The fraction of sp³-hybridized carbons (Fsp3) is 0.650. The normalized spacial score (nSPS) is 11.5. The van der Waals surface area contributed by atoms with Crippen LogP contribution in [-0.2, 0) is 4.74 Å². The molecule has 4 heteroatoms. The topological polar surface area (TPSA) is 26.3 Å². The molecular weight excluding hydrogens is 426 g/mol. The van der Waals surface area contributed by atoms with Gasteiger partial charge in [0.25, 0.3) is 0 Å². The van der Waals surface area contributed by atoms with Gasteiger partial charge >= 0.3 is 158 Å². The minimum atomic E-state index is -2.47. The van der Waals surface area contributed by atoms with Crippen molar-refractivity contribution in [2.24, 2.45) is 0 Å². The molecule has 1 aromatic carbocycles. The van der Waals surface area contributed by atoms with Crippen LogP contribution in [0.1, 0.15) is 69.7 Å². The maximum atomic E-state index is 11.8. The van der Waals surface area contributed by atoms with Crippen molar-refractivity contribution in [3.63, 3.8) is 0 Å². The molecule has 0 heterocycles. The van der Waals surface area contributed by atoms with Gasteiger partial charge in [-0.25, -0.2) is 0 Å². The van der Waals surface area contributed by atoms with Gasteiger partial charge in [0.2, 0.25) is 0 Å². The number of ether oxygens (including phenoxy) is 1. The standard InChI is InChI=1S/C8H6ClO2.3C4H9.Sn/c1-11-8(10)6-4-2-3-5-7(6)9;3*1-3-4-2;/h2,4-5H,1H3;3*1,3-4H2,2H3;. The first-order chi connectivity index (χ1) is 11.5. The van der Waals surface area contributed by atoms with Crippen molar-refractivity contribution >= 4 is 39.5 Å². The van der Waals surface area contributed by atoms with Crippen LogP contribution in [0.5, 0.6) is 0 Å². The summed E-state index contributed by atoms with van der Waals surface area (Å²) in [6.07, 6.45) is 7.72. The summed E-state index contributed by atoms with van der Waals surface area (Å²) in [6, 6.07) is 6.18. The number of hydrogen-bond donors (Lipinski definition) is 0. The van der Waals surface area contributed by atoms with E-state index in [-0.39, 0.29) is 5.97 Å². The number of carbonyl (C=O) groups excluding carboxylic acids is 1. The van der Waals surface area contributed by atoms with Crippen molar-refractivity contribution in [1.29, 1.82) is 0 Å². The van der Waals surface area contributed by atoms with Crippen molar-refractivity contribution in [2.45, 2.75) is 72.6 Å². The molecule has 1 aromatic rings. The fourth-order valence-corrected chi connectivity index (χ4v) is 20.0. The average Bonchev–Trinajstić information content (AvgIpc) is 2.60. The Kier molecular flexibility index (Phi) is 10.4. The monoisotopic (exact) mass is 460 g/mol. The number of methoxy groups -OCH3 is 1. The summed E-state index contributed by atoms with van der Waals surface area (Å²) in [4.78, 5) is 11.8. The van der Waals surface area contributed by atoms with E-state index in [1.54, 1.807) is 0 Å². The Hall–Kier alpha value is -0.221. The number of hydrogen-bond acceptors (Lipinski definition) is 2. The van der Waals surface area contributed by atoms with Gasteiger partial charge in [0.05, 0.1) is 0 Å². The predicted molar refractivity (Wildman–Crippen MR) is 107 cm³/mol. The van der Waals surface area contributed by atoms with Crippen LogP contribution in [0.3, 0.4) is 0 Å². The Bertz CT molecular complexity index is 495. The van der Waals surface area contributed by atoms with Crippen LogP contribution in [0.2, 0.25) is 18.3 Å². The first-order valence-electron chi connectivity index (χ1n) is 9.43. The molecule has 2 nitrogen and oxygen atoms in total. The Morgan fingerprint density at radius 3 is 1.88 bits per heavy atom. The summed E-state index contributed by atoms with van der Waals surface area (Å²) in [7, 11) is 1.40. The van der Waals surface area contributed by atoms with Crippen molar-refractivity contribution < 1.29 is 9.53 Å². The molecule has 0 spiro atoms. The molecule has 0 aliphatic rings. The van der Waals surface area contributed by atoms with Crippen molar-refractivity contribution in [2.75, 3.05) is 7.11 Å². The zero-order chi connectivity index (χ0) is 18.0. The zero-order valence-electron chi connectivity index (χ0n) is 15.8. The van der Waals surface area contributed by atoms with Crippen LogP contribution in [0, 0.1) is 0 Å². The number of rotatable bonds is 11. The summed E-state index contributed by atoms with van der Waals surface area (Å²) in [5.74, 6) is -0.344. The molecule has 24 heavy (non-hydrogen) atoms. The molecule has 0 radical (unpaired) electrons. The number of benzene rings is 1. The van der Waals surface area contributed by atoms with Gasteiger partial charge in [-0.05, 0) is 0 Å². The van der Waals surface area contributed by atoms with E-state index in [1.807, 2.05) is 6.07 Å². The van der Waals surface area contributed by atoms with Crippen LogP contribution in [-0.4, -0.2) is 31.5 Å². The van der Waals surface area contributed by atoms with Gasteiger partial charge in [0.15, 0.2) is 0 Å². The molecular formula is C20H33ClO2Sn. The molecule has 0 unspecified atom stereocenters. The maximum absolute atomic E-state index is 11.8. The SMILES string of the molecule is CCC[CH2][Sn]([CH2]CCC)([CH2]CCC)[c]1ccc(C(=O)OC)c(Cl)c1. The molecule has 136 valence electrons. The van der Waals surface area contributed by atoms with Gasteiger partial charge in [-0.15, -0.1) is 0 Å². The molecule has 0 bridgehead atoms. The van der Waals surface area contributed by atoms with E-state index in [9.17, 15) is 4.79 Å². The van der Waals surface area contributed by atoms with Crippen LogP contribution < -0.4 is 3.58 Å². The molecule has 0 aliphatic carbocycles. The third kappa shape index (κ3) is 5.94. The van der Waals surface area contributed by atoms with Gasteiger partial charge in [-0.3, -0.25) is 0 Å². The van der Waals surface area contributed by atoms with E-state index in [4.69, 9.17) is 16.3 Å². The van der Waals surface area contributed by atoms with E-state index in [2.05, 4.69) is 32.9 Å². The van der Waals surface area contributed by atoms with Gasteiger partial charge < -0.3 is 0 Å². The summed E-state index contributed by atoms with van der Waals surface area (Å²) in [5, 5.41) is 0.560. The predicted octanol–water partition coefficient (Wildman–Crippen LogP) is 6.18. The summed E-state index contributed by atoms with van der Waals surface area (Å²) < 4.78 is 10.5. The second kappa shape index (κ2) is 11.4. The van der Waals surface area contributed by atoms with Crippen LogP contribution >= 0.6 is 11.6 Å². The first-order valence-corrected chi connectivity index (χ1v) is 17.3. The van der Waals surface area contributed by atoms with E-state index in [1.165, 1.54) is 62.5 Å². The second-order valence-electron chi connectivity index (χ2n) is 6.78. The molecule has 0 aromatic heterocycles. The Labute approximate surface area is 157 Å². The fourth-order valence-electron chi connectivity index (χ4n) is 3.47. The number of unbranched alkanes of at least 4 members (excludes halogenated alkanes) is 3. The van der Waals surface area contributed by atoms with Gasteiger partial charge in [-0.2, -0.15) is 0 Å². The summed E-state index contributed by atoms with van der Waals surface area (Å²) in [5.41, 5.74) is 0.490. The molecule has 0 atom stereocenters.